The number of alkyl halides is 1. The number of hydrogen-bond acceptors (Lipinski definition) is 3. The Morgan fingerprint density at radius 1 is 0.615 bits per heavy atom. The largest absolute Gasteiger partial charge is 0.493 e. The molecule has 0 saturated carbocycles. The molecule has 4 aromatic carbocycles. The van der Waals surface area contributed by atoms with E-state index in [1.165, 1.54) is 22.3 Å². The highest BCUT2D eigenvalue weighted by molar-refractivity contribution is 5.74. The molecule has 0 aliphatic carbocycles. The Kier molecular flexibility index (Phi) is 10.7. The maximum absolute atomic E-state index is 12.3. The van der Waals surface area contributed by atoms with E-state index in [0.717, 1.165) is 47.5 Å². The molecule has 0 spiro atoms. The van der Waals surface area contributed by atoms with Gasteiger partial charge >= 0.3 is 0 Å². The van der Waals surface area contributed by atoms with Crippen LogP contribution in [-0.2, 0) is 11.2 Å². The third kappa shape index (κ3) is 8.30. The van der Waals surface area contributed by atoms with E-state index in [2.05, 4.69) is 79.4 Å². The molecule has 0 atom stereocenters. The molecule has 0 aliphatic rings. The van der Waals surface area contributed by atoms with Crippen molar-refractivity contribution in [1.82, 2.24) is 0 Å². The summed E-state index contributed by atoms with van der Waals surface area (Å²) in [7, 11) is 1.66. The summed E-state index contributed by atoms with van der Waals surface area (Å²) in [4.78, 5) is 0. The van der Waals surface area contributed by atoms with E-state index in [1.807, 2.05) is 24.3 Å². The van der Waals surface area contributed by atoms with Crippen LogP contribution in [0, 0.1) is 0 Å². The van der Waals surface area contributed by atoms with Crippen LogP contribution >= 0.6 is 0 Å². The zero-order valence-electron chi connectivity index (χ0n) is 22.7. The predicted molar refractivity (Wildman–Crippen MR) is 159 cm³/mol. The molecule has 4 heteroatoms. The molecule has 4 aromatic rings. The molecule has 0 heterocycles. The molecule has 0 aromatic heterocycles. The molecule has 0 aliphatic heterocycles. The van der Waals surface area contributed by atoms with Gasteiger partial charge < -0.3 is 14.2 Å². The first kappa shape index (κ1) is 28.1. The molecular formula is C35H37FO3. The highest BCUT2D eigenvalue weighted by Crippen LogP contribution is 2.32. The number of halogens is 1. The first-order valence-corrected chi connectivity index (χ1v) is 13.6. The third-order valence-corrected chi connectivity index (χ3v) is 6.60. The van der Waals surface area contributed by atoms with E-state index in [4.69, 9.17) is 14.2 Å². The van der Waals surface area contributed by atoms with E-state index < -0.39 is 0 Å². The van der Waals surface area contributed by atoms with Gasteiger partial charge in [-0.1, -0.05) is 78.9 Å². The maximum atomic E-state index is 12.3. The van der Waals surface area contributed by atoms with Crippen molar-refractivity contribution in [2.24, 2.45) is 0 Å². The summed E-state index contributed by atoms with van der Waals surface area (Å²) in [6.45, 7) is 5.10. The average molecular weight is 525 g/mol. The van der Waals surface area contributed by atoms with Crippen molar-refractivity contribution >= 4 is 0 Å². The zero-order valence-corrected chi connectivity index (χ0v) is 22.7. The van der Waals surface area contributed by atoms with Gasteiger partial charge in [0, 0.05) is 13.2 Å². The van der Waals surface area contributed by atoms with Crippen LogP contribution in [-0.4, -0.2) is 33.6 Å². The molecule has 0 saturated heterocycles. The normalized spacial score (nSPS) is 10.8. The second kappa shape index (κ2) is 14.9. The van der Waals surface area contributed by atoms with E-state index in [9.17, 15) is 4.39 Å². The Morgan fingerprint density at radius 2 is 1.10 bits per heavy atom. The zero-order chi connectivity index (χ0) is 27.3. The topological polar surface area (TPSA) is 27.7 Å². The molecular weight excluding hydrogens is 487 g/mol. The van der Waals surface area contributed by atoms with Crippen LogP contribution in [0.2, 0.25) is 0 Å². The fourth-order valence-corrected chi connectivity index (χ4v) is 4.41. The maximum Gasteiger partial charge on any atom is 0.123 e. The standard InChI is InChI=1S/C35H37FO3/c1-3-4-21-38-34-24-33(25-35(26-34)39-23-22-37-2)32-18-16-31(17-19-32)30-14-12-29(13-15-30)28-10-8-27(9-11-28)7-5-6-20-36/h3,8-19,24-26H,1,4-7,20-23H2,2H3. The summed E-state index contributed by atoms with van der Waals surface area (Å²) in [6.07, 6.45) is 5.07. The van der Waals surface area contributed by atoms with Gasteiger partial charge in [-0.05, 0) is 76.8 Å². The smallest absolute Gasteiger partial charge is 0.123 e. The minimum atomic E-state index is -0.239. The predicted octanol–water partition coefficient (Wildman–Crippen LogP) is 8.96. The number of hydrogen-bond donors (Lipinski definition) is 0. The fourth-order valence-electron chi connectivity index (χ4n) is 4.41. The van der Waals surface area contributed by atoms with Crippen LogP contribution in [0.4, 0.5) is 4.39 Å². The third-order valence-electron chi connectivity index (χ3n) is 6.60. The Balaban J connectivity index is 1.47. The average Bonchev–Trinajstić information content (AvgIpc) is 2.98. The van der Waals surface area contributed by atoms with Crippen LogP contribution < -0.4 is 9.47 Å². The summed E-state index contributed by atoms with van der Waals surface area (Å²) in [5, 5.41) is 0. The van der Waals surface area contributed by atoms with Crippen LogP contribution in [0.25, 0.3) is 33.4 Å². The van der Waals surface area contributed by atoms with Crippen LogP contribution in [0.1, 0.15) is 24.8 Å². The van der Waals surface area contributed by atoms with E-state index >= 15 is 0 Å². The molecule has 39 heavy (non-hydrogen) atoms. The Labute approximate surface area is 231 Å². The van der Waals surface area contributed by atoms with Crippen LogP contribution in [0.5, 0.6) is 11.5 Å². The van der Waals surface area contributed by atoms with Crippen molar-refractivity contribution in [1.29, 1.82) is 0 Å². The van der Waals surface area contributed by atoms with Gasteiger partial charge in [0.05, 0.1) is 19.9 Å². The Bertz CT molecular complexity index is 1300. The Hall–Kier alpha value is -3.89. The highest BCUT2D eigenvalue weighted by atomic mass is 19.1. The van der Waals surface area contributed by atoms with Gasteiger partial charge in [0.25, 0.3) is 0 Å². The van der Waals surface area contributed by atoms with Gasteiger partial charge in [-0.25, -0.2) is 0 Å². The molecule has 0 unspecified atom stereocenters. The monoisotopic (exact) mass is 524 g/mol. The van der Waals surface area contributed by atoms with Crippen molar-refractivity contribution in [2.75, 3.05) is 33.6 Å². The lowest BCUT2D eigenvalue weighted by molar-refractivity contribution is 0.146. The second-order valence-corrected chi connectivity index (χ2v) is 9.46. The van der Waals surface area contributed by atoms with Crippen LogP contribution in [0.3, 0.4) is 0 Å². The molecule has 4 rings (SSSR count). The first-order valence-electron chi connectivity index (χ1n) is 13.6. The van der Waals surface area contributed by atoms with Gasteiger partial charge in [-0.15, -0.1) is 6.58 Å². The molecule has 202 valence electrons. The van der Waals surface area contributed by atoms with Crippen molar-refractivity contribution in [3.05, 3.63) is 109 Å². The summed E-state index contributed by atoms with van der Waals surface area (Å²) < 4.78 is 29.3. The number of ether oxygens (including phenoxy) is 3. The number of benzene rings is 4. The lowest BCUT2D eigenvalue weighted by Gasteiger charge is -2.13. The van der Waals surface area contributed by atoms with Crippen molar-refractivity contribution < 1.29 is 18.6 Å². The van der Waals surface area contributed by atoms with Crippen molar-refractivity contribution in [2.45, 2.75) is 25.7 Å². The van der Waals surface area contributed by atoms with Gasteiger partial charge in [0.1, 0.15) is 18.1 Å². The number of unbranched alkanes of at least 4 members (excludes halogenated alkanes) is 1. The molecule has 3 nitrogen and oxygen atoms in total. The van der Waals surface area contributed by atoms with Crippen molar-refractivity contribution in [3.8, 4) is 44.9 Å². The summed E-state index contributed by atoms with van der Waals surface area (Å²) in [6, 6.07) is 31.8. The fraction of sp³-hybridized carbons (Fsp3) is 0.257. The van der Waals surface area contributed by atoms with Gasteiger partial charge in [-0.3, -0.25) is 4.39 Å². The number of rotatable bonds is 15. The van der Waals surface area contributed by atoms with Gasteiger partial charge in [0.15, 0.2) is 0 Å². The highest BCUT2D eigenvalue weighted by Gasteiger charge is 2.08. The summed E-state index contributed by atoms with van der Waals surface area (Å²) >= 11 is 0. The second-order valence-electron chi connectivity index (χ2n) is 9.46. The van der Waals surface area contributed by atoms with Crippen LogP contribution in [0.15, 0.2) is 104 Å². The van der Waals surface area contributed by atoms with E-state index in [1.54, 1.807) is 7.11 Å². The quantitative estimate of drug-likeness (QED) is 0.115. The summed E-state index contributed by atoms with van der Waals surface area (Å²) in [5.74, 6) is 1.53. The number of methoxy groups -OCH3 is 1. The first-order chi connectivity index (χ1) is 19.2. The van der Waals surface area contributed by atoms with Gasteiger partial charge in [-0.2, -0.15) is 0 Å². The summed E-state index contributed by atoms with van der Waals surface area (Å²) in [5.41, 5.74) is 8.07. The number of aryl methyl sites for hydroxylation is 1. The van der Waals surface area contributed by atoms with Gasteiger partial charge in [0.2, 0.25) is 0 Å². The molecule has 0 N–H and O–H groups in total. The molecule has 0 fully saturated rings. The Morgan fingerprint density at radius 3 is 1.59 bits per heavy atom. The van der Waals surface area contributed by atoms with E-state index in [0.29, 0.717) is 26.2 Å². The van der Waals surface area contributed by atoms with E-state index in [-0.39, 0.29) is 6.67 Å². The lowest BCUT2D eigenvalue weighted by atomic mass is 9.97. The minimum absolute atomic E-state index is 0.239. The lowest BCUT2D eigenvalue weighted by Crippen LogP contribution is -2.05. The minimum Gasteiger partial charge on any atom is -0.493 e. The SMILES string of the molecule is C=CCCOc1cc(OCCOC)cc(-c2ccc(-c3ccc(-c4ccc(CCCCF)cc4)cc3)cc2)c1. The van der Waals surface area contributed by atoms with Crippen molar-refractivity contribution in [3.63, 3.8) is 0 Å². The molecule has 0 bridgehead atoms. The molecule has 0 amide bonds. The molecule has 0 radical (unpaired) electrons.